The molecule has 1 fully saturated rings. The number of likely N-dealkylation sites (N-methyl/N-ethyl adjacent to an activating group) is 2. The van der Waals surface area contributed by atoms with Crippen molar-refractivity contribution in [3.05, 3.63) is 82.9 Å². The van der Waals surface area contributed by atoms with Crippen molar-refractivity contribution in [2.45, 2.75) is 12.5 Å². The first-order valence-electron chi connectivity index (χ1n) is 14.4. The second kappa shape index (κ2) is 13.8. The van der Waals surface area contributed by atoms with Crippen LogP contribution in [0.1, 0.15) is 15.9 Å². The maximum Gasteiger partial charge on any atom is 0.417 e. The predicted molar refractivity (Wildman–Crippen MR) is 175 cm³/mol. The Bertz CT molecular complexity index is 1710. The van der Waals surface area contributed by atoms with E-state index in [2.05, 4.69) is 37.4 Å². The molecule has 13 heteroatoms. The summed E-state index contributed by atoms with van der Waals surface area (Å²) < 4.78 is 5.36. The fourth-order valence-corrected chi connectivity index (χ4v) is 5.22. The highest BCUT2D eigenvalue weighted by atomic mass is 35.5. The second-order valence-corrected chi connectivity index (χ2v) is 11.5. The average Bonchev–Trinajstić information content (AvgIpc) is 3.00. The van der Waals surface area contributed by atoms with Crippen molar-refractivity contribution >= 4 is 57.9 Å². The number of aromatic nitrogens is 2. The Balaban J connectivity index is 1.28. The normalized spacial score (nSPS) is 14.1. The van der Waals surface area contributed by atoms with Gasteiger partial charge in [0.2, 0.25) is 11.9 Å². The van der Waals surface area contributed by atoms with Gasteiger partial charge in [-0.05, 0) is 61.1 Å². The minimum absolute atomic E-state index is 0.129. The van der Waals surface area contributed by atoms with E-state index in [1.165, 1.54) is 4.90 Å². The predicted octanol–water partition coefficient (Wildman–Crippen LogP) is 3.66. The zero-order valence-corrected chi connectivity index (χ0v) is 26.0. The van der Waals surface area contributed by atoms with Crippen molar-refractivity contribution in [2.75, 3.05) is 63.3 Å². The van der Waals surface area contributed by atoms with Crippen molar-refractivity contribution in [3.8, 4) is 5.75 Å². The summed E-state index contributed by atoms with van der Waals surface area (Å²) >= 11 is 5.96. The molecular weight excluding hydrogens is 596 g/mol. The van der Waals surface area contributed by atoms with Gasteiger partial charge in [0.15, 0.2) is 0 Å². The Hall–Kier alpha value is -4.94. The lowest BCUT2D eigenvalue weighted by Crippen LogP contribution is -2.47. The van der Waals surface area contributed by atoms with E-state index >= 15 is 0 Å². The van der Waals surface area contributed by atoms with E-state index in [9.17, 15) is 14.4 Å². The van der Waals surface area contributed by atoms with E-state index in [-0.39, 0.29) is 18.3 Å². The fourth-order valence-electron chi connectivity index (χ4n) is 5.03. The molecule has 3 amide bonds. The summed E-state index contributed by atoms with van der Waals surface area (Å²) in [7, 11) is 5.34. The van der Waals surface area contributed by atoms with E-state index < -0.39 is 18.0 Å². The van der Waals surface area contributed by atoms with Crippen molar-refractivity contribution < 1.29 is 19.1 Å². The molecule has 1 aromatic heterocycles. The van der Waals surface area contributed by atoms with Crippen LogP contribution in [-0.4, -0.2) is 91.0 Å². The summed E-state index contributed by atoms with van der Waals surface area (Å²) in [6, 6.07) is 17.8. The van der Waals surface area contributed by atoms with Gasteiger partial charge in [0.25, 0.3) is 5.91 Å². The molecular formula is C32H35ClN8O4. The van der Waals surface area contributed by atoms with Crippen LogP contribution >= 0.6 is 11.6 Å². The number of nitrogen functional groups attached to an aromatic ring is 1. The zero-order chi connectivity index (χ0) is 32.1. The number of anilines is 3. The van der Waals surface area contributed by atoms with Gasteiger partial charge in [0, 0.05) is 68.4 Å². The lowest BCUT2D eigenvalue weighted by molar-refractivity contribution is -0.130. The summed E-state index contributed by atoms with van der Waals surface area (Å²) in [6.45, 7) is 3.42. The third kappa shape index (κ3) is 7.97. The van der Waals surface area contributed by atoms with Crippen LogP contribution < -0.4 is 26.0 Å². The highest BCUT2D eigenvalue weighted by Gasteiger charge is 2.25. The van der Waals surface area contributed by atoms with Crippen molar-refractivity contribution in [2.24, 2.45) is 0 Å². The molecule has 5 rings (SSSR count). The van der Waals surface area contributed by atoms with Gasteiger partial charge in [-0.2, -0.15) is 4.98 Å². The number of carbonyl (C=O) groups is 3. The number of piperazine rings is 1. The van der Waals surface area contributed by atoms with Crippen LogP contribution in [0.15, 0.2) is 66.7 Å². The Morgan fingerprint density at radius 2 is 1.73 bits per heavy atom. The molecule has 0 unspecified atom stereocenters. The van der Waals surface area contributed by atoms with Gasteiger partial charge in [0.1, 0.15) is 17.6 Å². The summed E-state index contributed by atoms with van der Waals surface area (Å²) in [5, 5.41) is 6.78. The summed E-state index contributed by atoms with van der Waals surface area (Å²) in [6.07, 6.45) is -0.454. The average molecular weight is 631 g/mol. The summed E-state index contributed by atoms with van der Waals surface area (Å²) in [4.78, 5) is 53.6. The number of benzene rings is 3. The number of amides is 3. The van der Waals surface area contributed by atoms with Crippen molar-refractivity contribution in [1.82, 2.24) is 25.1 Å². The molecule has 0 spiro atoms. The van der Waals surface area contributed by atoms with Crippen molar-refractivity contribution in [3.63, 3.8) is 0 Å². The number of fused-ring (bicyclic) bond motifs is 1. The SMILES string of the molecule is CN1CCN(c2nc(N)nc3cc(C(=O)N[C@@H](Cc4ccc(OC(=O)Nc5cccc(Cl)c5)cc4)C(=O)N(C)C)ccc23)CC1. The fraction of sp³-hybridized carbons (Fsp3) is 0.281. The number of nitrogens with zero attached hydrogens (tertiary/aromatic N) is 5. The largest absolute Gasteiger partial charge is 0.417 e. The van der Waals surface area contributed by atoms with Gasteiger partial charge in [-0.25, -0.2) is 9.78 Å². The highest BCUT2D eigenvalue weighted by Crippen LogP contribution is 2.27. The molecule has 2 heterocycles. The van der Waals surface area contributed by atoms with E-state index in [1.54, 1.807) is 74.8 Å². The first kappa shape index (κ1) is 31.5. The van der Waals surface area contributed by atoms with Gasteiger partial charge in [-0.15, -0.1) is 0 Å². The van der Waals surface area contributed by atoms with Crippen LogP contribution in [0.3, 0.4) is 0 Å². The van der Waals surface area contributed by atoms with Crippen LogP contribution in [0.2, 0.25) is 5.02 Å². The van der Waals surface area contributed by atoms with Crippen molar-refractivity contribution in [1.29, 1.82) is 0 Å². The van der Waals surface area contributed by atoms with Crippen LogP contribution in [0.4, 0.5) is 22.2 Å². The molecule has 0 bridgehead atoms. The van der Waals surface area contributed by atoms with E-state index in [0.717, 1.165) is 42.9 Å². The molecule has 1 atom stereocenters. The molecule has 1 aliphatic heterocycles. The summed E-state index contributed by atoms with van der Waals surface area (Å²) in [5.74, 6) is 0.491. The van der Waals surface area contributed by atoms with Crippen LogP contribution in [0.5, 0.6) is 5.75 Å². The maximum atomic E-state index is 13.4. The number of ether oxygens (including phenoxy) is 1. The first-order chi connectivity index (χ1) is 21.5. The number of hydrogen-bond acceptors (Lipinski definition) is 9. The third-order valence-corrected chi connectivity index (χ3v) is 7.68. The van der Waals surface area contributed by atoms with Gasteiger partial charge in [-0.1, -0.05) is 29.8 Å². The Morgan fingerprint density at radius 1 is 1.00 bits per heavy atom. The Kier molecular flexibility index (Phi) is 9.65. The van der Waals surface area contributed by atoms with Gasteiger partial charge < -0.3 is 30.5 Å². The number of halogens is 1. The van der Waals surface area contributed by atoms with Gasteiger partial charge in [0.05, 0.1) is 5.52 Å². The second-order valence-electron chi connectivity index (χ2n) is 11.1. The number of nitrogens with one attached hydrogen (secondary N) is 2. The lowest BCUT2D eigenvalue weighted by Gasteiger charge is -2.33. The molecule has 0 radical (unpaired) electrons. The van der Waals surface area contributed by atoms with E-state index in [4.69, 9.17) is 22.1 Å². The topological polar surface area (TPSA) is 146 Å². The highest BCUT2D eigenvalue weighted by molar-refractivity contribution is 6.30. The van der Waals surface area contributed by atoms with E-state index in [1.807, 2.05) is 6.07 Å². The van der Waals surface area contributed by atoms with E-state index in [0.29, 0.717) is 27.5 Å². The number of rotatable bonds is 8. The molecule has 45 heavy (non-hydrogen) atoms. The quantitative estimate of drug-likeness (QED) is 0.265. The minimum atomic E-state index is -0.850. The smallest absolute Gasteiger partial charge is 0.410 e. The van der Waals surface area contributed by atoms with Crippen LogP contribution in [0.25, 0.3) is 10.9 Å². The number of carbonyl (C=O) groups excluding carboxylic acids is 3. The third-order valence-electron chi connectivity index (χ3n) is 7.45. The lowest BCUT2D eigenvalue weighted by atomic mass is 10.0. The van der Waals surface area contributed by atoms with Crippen LogP contribution in [-0.2, 0) is 11.2 Å². The first-order valence-corrected chi connectivity index (χ1v) is 14.8. The van der Waals surface area contributed by atoms with Gasteiger partial charge >= 0.3 is 6.09 Å². The molecule has 4 aromatic rings. The van der Waals surface area contributed by atoms with Gasteiger partial charge in [-0.3, -0.25) is 14.9 Å². The molecule has 3 aromatic carbocycles. The number of nitrogens with two attached hydrogens (primary N) is 1. The van der Waals surface area contributed by atoms with Crippen LogP contribution in [0, 0.1) is 0 Å². The monoisotopic (exact) mass is 630 g/mol. The zero-order valence-electron chi connectivity index (χ0n) is 25.3. The molecule has 0 aliphatic carbocycles. The molecule has 1 saturated heterocycles. The molecule has 4 N–H and O–H groups in total. The minimum Gasteiger partial charge on any atom is -0.410 e. The maximum absolute atomic E-state index is 13.4. The molecule has 0 saturated carbocycles. The molecule has 1 aliphatic rings. The Morgan fingerprint density at radius 3 is 2.42 bits per heavy atom. The molecule has 234 valence electrons. The number of hydrogen-bond donors (Lipinski definition) is 3. The summed E-state index contributed by atoms with van der Waals surface area (Å²) in [5.41, 5.74) is 8.21. The molecule has 12 nitrogen and oxygen atoms in total. The standard InChI is InChI=1S/C32H35ClN8O4/c1-39(2)30(43)27(17-20-7-10-24(11-8-20)45-32(44)35-23-6-4-5-22(33)19-23)36-29(42)21-9-12-25-26(18-21)37-31(34)38-28(25)41-15-13-40(3)14-16-41/h4-12,18-19,27H,13-17H2,1-3H3,(H,35,44)(H,36,42)(H2,34,37,38)/t27-/m0/s1. The Labute approximate surface area is 266 Å².